The Bertz CT molecular complexity index is 250. The van der Waals surface area contributed by atoms with E-state index in [4.69, 9.17) is 5.14 Å². The van der Waals surface area contributed by atoms with Crippen molar-refractivity contribution in [2.75, 3.05) is 0 Å². The van der Waals surface area contributed by atoms with Crippen LogP contribution < -0.4 is 5.14 Å². The molecule has 0 aliphatic carbocycles. The molecule has 0 spiro atoms. The fraction of sp³-hybridized carbons (Fsp3) is 0.250. The highest BCUT2D eigenvalue weighted by molar-refractivity contribution is 7.96. The zero-order valence-corrected chi connectivity index (χ0v) is 7.12. The molecular weight excluding hydrogens is 161 g/mol. The lowest BCUT2D eigenvalue weighted by molar-refractivity contribution is 0.617. The Morgan fingerprint density at radius 2 is 2.27 bits per heavy atom. The first-order valence-corrected chi connectivity index (χ1v) is 4.35. The Morgan fingerprint density at radius 3 is 2.82 bits per heavy atom. The van der Waals surface area contributed by atoms with Crippen LogP contribution in [0.5, 0.6) is 0 Å². The predicted octanol–water partition coefficient (Wildman–Crippen LogP) is 2.24. The number of hydrogen-bond acceptors (Lipinski definition) is 2. The molecule has 2 N–H and O–H groups in total. The molecule has 0 atom stereocenters. The van der Waals surface area contributed by atoms with Crippen molar-refractivity contribution in [3.63, 3.8) is 0 Å². The molecule has 0 unspecified atom stereocenters. The summed E-state index contributed by atoms with van der Waals surface area (Å²) in [6.45, 7) is 1.74. The minimum Gasteiger partial charge on any atom is -0.278 e. The molecule has 1 aromatic rings. The average Bonchev–Trinajstić information content (AvgIpc) is 1.98. The van der Waals surface area contributed by atoms with Crippen LogP contribution in [0, 0.1) is 12.7 Å². The standard InChI is InChI=1S/C8H10FNS/c1-6-2-3-7(5-11-10)4-8(6)9/h2-4H,5,10H2,1H3. The number of nitrogens with two attached hydrogens (primary N) is 1. The lowest BCUT2D eigenvalue weighted by atomic mass is 10.2. The van der Waals surface area contributed by atoms with Gasteiger partial charge in [-0.1, -0.05) is 24.1 Å². The summed E-state index contributed by atoms with van der Waals surface area (Å²) >= 11 is 1.20. The molecule has 0 bridgehead atoms. The van der Waals surface area contributed by atoms with Gasteiger partial charge < -0.3 is 0 Å². The van der Waals surface area contributed by atoms with E-state index in [0.717, 1.165) is 5.56 Å². The van der Waals surface area contributed by atoms with E-state index >= 15 is 0 Å². The van der Waals surface area contributed by atoms with Crippen molar-refractivity contribution in [3.8, 4) is 0 Å². The number of halogens is 1. The van der Waals surface area contributed by atoms with Gasteiger partial charge >= 0.3 is 0 Å². The minimum absolute atomic E-state index is 0.156. The molecule has 0 saturated heterocycles. The second-order valence-corrected chi connectivity index (χ2v) is 3.02. The van der Waals surface area contributed by atoms with E-state index in [9.17, 15) is 4.39 Å². The molecule has 0 fully saturated rings. The lowest BCUT2D eigenvalue weighted by Crippen LogP contribution is -1.88. The molecule has 0 amide bonds. The first-order valence-electron chi connectivity index (χ1n) is 3.30. The molecule has 11 heavy (non-hydrogen) atoms. The number of rotatable bonds is 2. The number of aryl methyl sites for hydroxylation is 1. The molecule has 1 aromatic carbocycles. The van der Waals surface area contributed by atoms with Crippen LogP contribution in [-0.4, -0.2) is 0 Å². The first-order chi connectivity index (χ1) is 5.24. The highest BCUT2D eigenvalue weighted by Gasteiger charge is 1.97. The van der Waals surface area contributed by atoms with Crippen molar-refractivity contribution in [2.45, 2.75) is 12.7 Å². The van der Waals surface area contributed by atoms with Gasteiger partial charge in [-0.15, -0.1) is 0 Å². The summed E-state index contributed by atoms with van der Waals surface area (Å²) in [5.41, 5.74) is 1.61. The maximum atomic E-state index is 12.9. The smallest absolute Gasteiger partial charge is 0.126 e. The molecule has 0 radical (unpaired) electrons. The maximum Gasteiger partial charge on any atom is 0.126 e. The van der Waals surface area contributed by atoms with E-state index in [1.165, 1.54) is 18.0 Å². The van der Waals surface area contributed by atoms with Crippen LogP contribution in [0.4, 0.5) is 4.39 Å². The molecule has 0 aliphatic heterocycles. The topological polar surface area (TPSA) is 26.0 Å². The summed E-state index contributed by atoms with van der Waals surface area (Å²) in [4.78, 5) is 0. The van der Waals surface area contributed by atoms with Crippen molar-refractivity contribution in [1.82, 2.24) is 0 Å². The Kier molecular flexibility index (Phi) is 2.91. The maximum absolute atomic E-state index is 12.9. The highest BCUT2D eigenvalue weighted by atomic mass is 32.2. The van der Waals surface area contributed by atoms with Crippen LogP contribution in [0.15, 0.2) is 18.2 Å². The molecular formula is C8H10FNS. The zero-order valence-electron chi connectivity index (χ0n) is 6.30. The van der Waals surface area contributed by atoms with Gasteiger partial charge in [0.25, 0.3) is 0 Å². The van der Waals surface area contributed by atoms with Crippen molar-refractivity contribution in [3.05, 3.63) is 35.1 Å². The van der Waals surface area contributed by atoms with Gasteiger partial charge in [0, 0.05) is 5.75 Å². The van der Waals surface area contributed by atoms with E-state index in [0.29, 0.717) is 11.3 Å². The Labute approximate surface area is 69.9 Å². The molecule has 0 aliphatic rings. The van der Waals surface area contributed by atoms with Gasteiger partial charge in [-0.3, -0.25) is 5.14 Å². The fourth-order valence-corrected chi connectivity index (χ4v) is 1.19. The second-order valence-electron chi connectivity index (χ2n) is 2.39. The quantitative estimate of drug-likeness (QED) is 0.690. The van der Waals surface area contributed by atoms with Gasteiger partial charge in [0.05, 0.1) is 0 Å². The average molecular weight is 171 g/mol. The van der Waals surface area contributed by atoms with E-state index in [1.807, 2.05) is 6.07 Å². The minimum atomic E-state index is -0.156. The van der Waals surface area contributed by atoms with Gasteiger partial charge in [-0.25, -0.2) is 4.39 Å². The van der Waals surface area contributed by atoms with E-state index in [-0.39, 0.29) is 5.82 Å². The highest BCUT2D eigenvalue weighted by Crippen LogP contribution is 2.12. The third-order valence-corrected chi connectivity index (χ3v) is 1.99. The molecule has 0 saturated carbocycles. The van der Waals surface area contributed by atoms with Crippen LogP contribution in [0.1, 0.15) is 11.1 Å². The first kappa shape index (κ1) is 8.56. The van der Waals surface area contributed by atoms with Crippen LogP contribution >= 0.6 is 11.9 Å². The number of benzene rings is 1. The van der Waals surface area contributed by atoms with Crippen molar-refractivity contribution < 1.29 is 4.39 Å². The van der Waals surface area contributed by atoms with Gasteiger partial charge in [0.1, 0.15) is 5.82 Å². The molecule has 3 heteroatoms. The lowest BCUT2D eigenvalue weighted by Gasteiger charge is -1.99. The second kappa shape index (κ2) is 3.74. The third kappa shape index (κ3) is 2.20. The summed E-state index contributed by atoms with van der Waals surface area (Å²) in [7, 11) is 0. The van der Waals surface area contributed by atoms with E-state index in [1.54, 1.807) is 13.0 Å². The molecule has 60 valence electrons. The van der Waals surface area contributed by atoms with Crippen molar-refractivity contribution in [2.24, 2.45) is 5.14 Å². The van der Waals surface area contributed by atoms with Crippen LogP contribution in [0.25, 0.3) is 0 Å². The normalized spacial score (nSPS) is 10.1. The summed E-state index contributed by atoms with van der Waals surface area (Å²) in [6, 6.07) is 5.17. The third-order valence-electron chi connectivity index (χ3n) is 1.49. The molecule has 0 heterocycles. The van der Waals surface area contributed by atoms with Gasteiger partial charge in [-0.2, -0.15) is 0 Å². The fourth-order valence-electron chi connectivity index (χ4n) is 0.822. The zero-order chi connectivity index (χ0) is 8.27. The van der Waals surface area contributed by atoms with Crippen LogP contribution in [0.3, 0.4) is 0 Å². The Balaban J connectivity index is 2.86. The molecule has 0 aromatic heterocycles. The largest absolute Gasteiger partial charge is 0.278 e. The van der Waals surface area contributed by atoms with Crippen molar-refractivity contribution >= 4 is 11.9 Å². The number of hydrogen-bond donors (Lipinski definition) is 1. The summed E-state index contributed by atoms with van der Waals surface area (Å²) in [5.74, 6) is 0.508. The van der Waals surface area contributed by atoms with E-state index in [2.05, 4.69) is 0 Å². The van der Waals surface area contributed by atoms with Gasteiger partial charge in [0.2, 0.25) is 0 Å². The van der Waals surface area contributed by atoms with Crippen LogP contribution in [0.2, 0.25) is 0 Å². The predicted molar refractivity (Wildman–Crippen MR) is 46.6 cm³/mol. The summed E-state index contributed by atoms with van der Waals surface area (Å²) in [6.07, 6.45) is 0. The van der Waals surface area contributed by atoms with Gasteiger partial charge in [0.15, 0.2) is 0 Å². The monoisotopic (exact) mass is 171 g/mol. The Hall–Kier alpha value is -0.540. The van der Waals surface area contributed by atoms with Crippen molar-refractivity contribution in [1.29, 1.82) is 0 Å². The van der Waals surface area contributed by atoms with E-state index < -0.39 is 0 Å². The van der Waals surface area contributed by atoms with Crippen LogP contribution in [-0.2, 0) is 5.75 Å². The SMILES string of the molecule is Cc1ccc(CSN)cc1F. The Morgan fingerprint density at radius 1 is 1.55 bits per heavy atom. The molecule has 1 nitrogen and oxygen atoms in total. The summed E-state index contributed by atoms with van der Waals surface area (Å²) < 4.78 is 12.9. The summed E-state index contributed by atoms with van der Waals surface area (Å²) in [5, 5.41) is 5.24. The molecule has 1 rings (SSSR count). The van der Waals surface area contributed by atoms with Gasteiger partial charge in [-0.05, 0) is 24.1 Å².